The summed E-state index contributed by atoms with van der Waals surface area (Å²) in [5.74, 6) is 0.831. The highest BCUT2D eigenvalue weighted by molar-refractivity contribution is 5.67. The molecule has 2 aromatic rings. The van der Waals surface area contributed by atoms with Crippen LogP contribution in [-0.2, 0) is 11.3 Å². The Kier molecular flexibility index (Phi) is 5.33. The summed E-state index contributed by atoms with van der Waals surface area (Å²) in [5, 5.41) is 0. The van der Waals surface area contributed by atoms with E-state index in [2.05, 4.69) is 4.99 Å². The molecule has 2 rings (SSSR count). The summed E-state index contributed by atoms with van der Waals surface area (Å²) in [6.45, 7) is 2.58. The lowest BCUT2D eigenvalue weighted by Gasteiger charge is -2.08. The fourth-order valence-electron chi connectivity index (χ4n) is 1.70. The summed E-state index contributed by atoms with van der Waals surface area (Å²) in [6.07, 6.45) is 1.78. The molecule has 1 atom stereocenters. The van der Waals surface area contributed by atoms with Crippen molar-refractivity contribution >= 4 is 11.9 Å². The van der Waals surface area contributed by atoms with Gasteiger partial charge in [-0.15, -0.1) is 0 Å². The molecule has 0 spiro atoms. The van der Waals surface area contributed by atoms with Crippen molar-refractivity contribution in [2.75, 3.05) is 7.11 Å². The van der Waals surface area contributed by atoms with E-state index in [4.69, 9.17) is 9.47 Å². The average molecular weight is 269 g/mol. The van der Waals surface area contributed by atoms with E-state index in [1.54, 1.807) is 7.11 Å². The number of aliphatic imine (C=N–C) groups is 1. The predicted octanol–water partition coefficient (Wildman–Crippen LogP) is 4.00. The number of hydrogen-bond donors (Lipinski definition) is 0. The topological polar surface area (TPSA) is 30.8 Å². The van der Waals surface area contributed by atoms with Crippen LogP contribution in [0.5, 0.6) is 5.75 Å². The van der Waals surface area contributed by atoms with Crippen molar-refractivity contribution in [1.29, 1.82) is 0 Å². The minimum Gasteiger partial charge on any atom is -0.497 e. The van der Waals surface area contributed by atoms with Gasteiger partial charge in [0.15, 0.2) is 0 Å². The van der Waals surface area contributed by atoms with Crippen molar-refractivity contribution in [3.8, 4) is 5.75 Å². The predicted molar refractivity (Wildman–Crippen MR) is 81.8 cm³/mol. The largest absolute Gasteiger partial charge is 0.497 e. The molecule has 20 heavy (non-hydrogen) atoms. The van der Waals surface area contributed by atoms with Crippen LogP contribution in [0.1, 0.15) is 12.5 Å². The Balaban J connectivity index is 1.83. The first kappa shape index (κ1) is 14.3. The second-order valence-electron chi connectivity index (χ2n) is 4.48. The third-order valence-corrected chi connectivity index (χ3v) is 2.86. The van der Waals surface area contributed by atoms with Crippen molar-refractivity contribution in [2.45, 2.75) is 19.6 Å². The van der Waals surface area contributed by atoms with Gasteiger partial charge in [-0.05, 0) is 36.8 Å². The second-order valence-corrected chi connectivity index (χ2v) is 4.48. The molecule has 0 fully saturated rings. The fourth-order valence-corrected chi connectivity index (χ4v) is 1.70. The van der Waals surface area contributed by atoms with Crippen molar-refractivity contribution in [3.05, 3.63) is 60.2 Å². The molecule has 0 aliphatic heterocycles. The van der Waals surface area contributed by atoms with Crippen LogP contribution in [0.3, 0.4) is 0 Å². The molecule has 0 N–H and O–H groups in total. The number of rotatable bonds is 6. The summed E-state index contributed by atoms with van der Waals surface area (Å²) >= 11 is 0. The molecule has 3 nitrogen and oxygen atoms in total. The highest BCUT2D eigenvalue weighted by atomic mass is 16.5. The zero-order chi connectivity index (χ0) is 14.2. The summed E-state index contributed by atoms with van der Waals surface area (Å²) in [5.41, 5.74) is 2.05. The standard InChI is InChI=1S/C17H19NO2/c1-14(20-13-15-6-4-3-5-7-15)12-18-16-8-10-17(19-2)11-9-16/h3-12,14H,13H2,1-2H3/t14-/m0/s1. The Morgan fingerprint density at radius 3 is 2.40 bits per heavy atom. The third-order valence-electron chi connectivity index (χ3n) is 2.86. The van der Waals surface area contributed by atoms with Gasteiger partial charge in [-0.2, -0.15) is 0 Å². The van der Waals surface area contributed by atoms with E-state index < -0.39 is 0 Å². The molecule has 0 aliphatic carbocycles. The maximum absolute atomic E-state index is 5.72. The highest BCUT2D eigenvalue weighted by Crippen LogP contribution is 2.17. The van der Waals surface area contributed by atoms with E-state index in [9.17, 15) is 0 Å². The number of benzene rings is 2. The van der Waals surface area contributed by atoms with Gasteiger partial charge in [0.1, 0.15) is 5.75 Å². The first-order valence-corrected chi connectivity index (χ1v) is 6.61. The van der Waals surface area contributed by atoms with Gasteiger partial charge in [-0.1, -0.05) is 30.3 Å². The third kappa shape index (κ3) is 4.52. The van der Waals surface area contributed by atoms with E-state index in [0.29, 0.717) is 6.61 Å². The van der Waals surface area contributed by atoms with E-state index >= 15 is 0 Å². The Morgan fingerprint density at radius 2 is 1.75 bits per heavy atom. The van der Waals surface area contributed by atoms with E-state index in [-0.39, 0.29) is 6.10 Å². The highest BCUT2D eigenvalue weighted by Gasteiger charge is 1.99. The molecular weight excluding hydrogens is 250 g/mol. The van der Waals surface area contributed by atoms with Gasteiger partial charge in [-0.3, -0.25) is 4.99 Å². The van der Waals surface area contributed by atoms with Crippen molar-refractivity contribution in [3.63, 3.8) is 0 Å². The van der Waals surface area contributed by atoms with Crippen LogP contribution in [0.25, 0.3) is 0 Å². The first-order valence-electron chi connectivity index (χ1n) is 6.61. The number of methoxy groups -OCH3 is 1. The minimum absolute atomic E-state index is 0.0303. The molecular formula is C17H19NO2. The average Bonchev–Trinajstić information content (AvgIpc) is 2.52. The second kappa shape index (κ2) is 7.46. The van der Waals surface area contributed by atoms with Gasteiger partial charge < -0.3 is 9.47 Å². The van der Waals surface area contributed by atoms with Gasteiger partial charge >= 0.3 is 0 Å². The van der Waals surface area contributed by atoms with Crippen LogP contribution in [0.2, 0.25) is 0 Å². The molecule has 0 unspecified atom stereocenters. The van der Waals surface area contributed by atoms with Crippen LogP contribution in [0, 0.1) is 0 Å². The molecule has 0 heterocycles. The van der Waals surface area contributed by atoms with Gasteiger partial charge in [0.05, 0.1) is 25.5 Å². The molecule has 0 aromatic heterocycles. The Labute approximate surface area is 119 Å². The Hall–Kier alpha value is -2.13. The normalized spacial score (nSPS) is 12.5. The van der Waals surface area contributed by atoms with Crippen molar-refractivity contribution in [1.82, 2.24) is 0 Å². The van der Waals surface area contributed by atoms with Crippen molar-refractivity contribution in [2.24, 2.45) is 4.99 Å². The molecule has 2 aromatic carbocycles. The Morgan fingerprint density at radius 1 is 1.05 bits per heavy atom. The maximum Gasteiger partial charge on any atom is 0.119 e. The molecule has 3 heteroatoms. The van der Waals surface area contributed by atoms with E-state index in [0.717, 1.165) is 17.0 Å². The van der Waals surface area contributed by atoms with Crippen LogP contribution in [-0.4, -0.2) is 19.4 Å². The smallest absolute Gasteiger partial charge is 0.119 e. The molecule has 0 saturated heterocycles. The fraction of sp³-hybridized carbons (Fsp3) is 0.235. The van der Waals surface area contributed by atoms with Gasteiger partial charge in [0.2, 0.25) is 0 Å². The molecule has 0 bridgehead atoms. The van der Waals surface area contributed by atoms with Crippen LogP contribution >= 0.6 is 0 Å². The SMILES string of the molecule is COc1ccc(N=C[C@H](C)OCc2ccccc2)cc1. The minimum atomic E-state index is -0.0303. The van der Waals surface area contributed by atoms with Crippen molar-refractivity contribution < 1.29 is 9.47 Å². The number of ether oxygens (including phenoxy) is 2. The lowest BCUT2D eigenvalue weighted by Crippen LogP contribution is -2.09. The zero-order valence-electron chi connectivity index (χ0n) is 11.8. The van der Waals surface area contributed by atoms with Gasteiger partial charge in [0.25, 0.3) is 0 Å². The number of nitrogens with zero attached hydrogens (tertiary/aromatic N) is 1. The molecule has 0 aliphatic rings. The Bertz CT molecular complexity index is 535. The van der Waals surface area contributed by atoms with Gasteiger partial charge in [-0.25, -0.2) is 0 Å². The maximum atomic E-state index is 5.72. The molecule has 0 saturated carbocycles. The van der Waals surface area contributed by atoms with Crippen LogP contribution < -0.4 is 4.74 Å². The lowest BCUT2D eigenvalue weighted by molar-refractivity contribution is 0.0991. The van der Waals surface area contributed by atoms with Crippen LogP contribution in [0.4, 0.5) is 5.69 Å². The molecule has 0 amide bonds. The van der Waals surface area contributed by atoms with Gasteiger partial charge in [0, 0.05) is 6.21 Å². The zero-order valence-corrected chi connectivity index (χ0v) is 11.8. The monoisotopic (exact) mass is 269 g/mol. The van der Waals surface area contributed by atoms with E-state index in [1.807, 2.05) is 67.7 Å². The van der Waals surface area contributed by atoms with E-state index in [1.165, 1.54) is 0 Å². The summed E-state index contributed by atoms with van der Waals surface area (Å²) in [6, 6.07) is 17.7. The first-order chi connectivity index (χ1) is 9.78. The summed E-state index contributed by atoms with van der Waals surface area (Å²) in [7, 11) is 1.65. The van der Waals surface area contributed by atoms with Crippen LogP contribution in [0.15, 0.2) is 59.6 Å². The molecule has 0 radical (unpaired) electrons. The summed E-state index contributed by atoms with van der Waals surface area (Å²) < 4.78 is 10.8. The lowest BCUT2D eigenvalue weighted by atomic mass is 10.2. The summed E-state index contributed by atoms with van der Waals surface area (Å²) in [4.78, 5) is 4.39. The quantitative estimate of drug-likeness (QED) is 0.742. The number of hydrogen-bond acceptors (Lipinski definition) is 3. The molecule has 104 valence electrons.